The molecule has 1 aliphatic rings. The lowest BCUT2D eigenvalue weighted by atomic mass is 10.1. The number of benzene rings is 1. The molecule has 0 amide bonds. The Morgan fingerprint density at radius 2 is 2.14 bits per heavy atom. The number of halogens is 1. The van der Waals surface area contributed by atoms with Crippen molar-refractivity contribution >= 4 is 11.6 Å². The van der Waals surface area contributed by atoms with Gasteiger partial charge in [-0.15, -0.1) is 0 Å². The predicted octanol–water partition coefficient (Wildman–Crippen LogP) is 3.87. The largest absolute Gasteiger partial charge is 0.489 e. The van der Waals surface area contributed by atoms with Crippen LogP contribution in [0.25, 0.3) is 0 Å². The molecule has 1 aromatic heterocycles. The van der Waals surface area contributed by atoms with Crippen molar-refractivity contribution in [3.05, 3.63) is 58.4 Å². The molecule has 1 fully saturated rings. The molecule has 0 saturated heterocycles. The van der Waals surface area contributed by atoms with Gasteiger partial charge in [-0.05, 0) is 31.9 Å². The lowest BCUT2D eigenvalue weighted by Crippen LogP contribution is -2.16. The molecule has 0 unspecified atom stereocenters. The molecular formula is C17H19ClN2O. The van der Waals surface area contributed by atoms with E-state index >= 15 is 0 Å². The lowest BCUT2D eigenvalue weighted by Gasteiger charge is -2.13. The smallest absolute Gasteiger partial charge is 0.124 e. The van der Waals surface area contributed by atoms with E-state index in [9.17, 15) is 0 Å². The van der Waals surface area contributed by atoms with E-state index in [0.29, 0.717) is 17.7 Å². The second kappa shape index (κ2) is 6.46. The highest BCUT2D eigenvalue weighted by atomic mass is 35.5. The van der Waals surface area contributed by atoms with Gasteiger partial charge in [0.1, 0.15) is 12.4 Å². The molecule has 1 heterocycles. The fourth-order valence-corrected chi connectivity index (χ4v) is 2.38. The second-order valence-electron chi connectivity index (χ2n) is 5.52. The van der Waals surface area contributed by atoms with Crippen LogP contribution in [0.4, 0.5) is 0 Å². The van der Waals surface area contributed by atoms with E-state index < -0.39 is 0 Å². The number of rotatable bonds is 6. The fraction of sp³-hybridized carbons (Fsp3) is 0.353. The molecule has 0 aliphatic heterocycles. The molecular weight excluding hydrogens is 284 g/mol. The highest BCUT2D eigenvalue weighted by Crippen LogP contribution is 2.25. The van der Waals surface area contributed by atoms with E-state index in [2.05, 4.69) is 29.4 Å². The Labute approximate surface area is 130 Å². The van der Waals surface area contributed by atoms with Gasteiger partial charge in [0, 0.05) is 36.1 Å². The molecule has 110 valence electrons. The molecule has 0 radical (unpaired) electrons. The molecule has 3 nitrogen and oxygen atoms in total. The molecule has 1 aliphatic carbocycles. The maximum absolute atomic E-state index is 6.11. The Kier molecular flexibility index (Phi) is 4.42. The van der Waals surface area contributed by atoms with Crippen LogP contribution in [0.2, 0.25) is 5.02 Å². The van der Waals surface area contributed by atoms with Gasteiger partial charge in [0.15, 0.2) is 0 Å². The van der Waals surface area contributed by atoms with Crippen LogP contribution in [0.15, 0.2) is 36.7 Å². The van der Waals surface area contributed by atoms with E-state index in [0.717, 1.165) is 17.9 Å². The molecule has 3 rings (SSSR count). The fourth-order valence-electron chi connectivity index (χ4n) is 2.21. The van der Waals surface area contributed by atoms with Gasteiger partial charge < -0.3 is 10.1 Å². The average Bonchev–Trinajstić information content (AvgIpc) is 3.30. The van der Waals surface area contributed by atoms with Gasteiger partial charge in [-0.3, -0.25) is 4.98 Å². The van der Waals surface area contributed by atoms with E-state index in [1.165, 1.54) is 24.0 Å². The van der Waals surface area contributed by atoms with Crippen molar-refractivity contribution in [2.45, 2.75) is 39.0 Å². The summed E-state index contributed by atoms with van der Waals surface area (Å²) in [6.07, 6.45) is 5.95. The van der Waals surface area contributed by atoms with Crippen LogP contribution >= 0.6 is 11.6 Å². The first-order valence-corrected chi connectivity index (χ1v) is 7.64. The molecule has 1 saturated carbocycles. The number of aromatic nitrogens is 1. The third-order valence-electron chi connectivity index (χ3n) is 3.61. The summed E-state index contributed by atoms with van der Waals surface area (Å²) in [5, 5.41) is 4.17. The van der Waals surface area contributed by atoms with Crippen LogP contribution in [-0.4, -0.2) is 11.0 Å². The predicted molar refractivity (Wildman–Crippen MR) is 84.6 cm³/mol. The van der Waals surface area contributed by atoms with Crippen molar-refractivity contribution in [1.82, 2.24) is 10.3 Å². The van der Waals surface area contributed by atoms with Crippen molar-refractivity contribution < 1.29 is 4.74 Å². The van der Waals surface area contributed by atoms with E-state index in [-0.39, 0.29) is 0 Å². The number of ether oxygens (including phenoxy) is 1. The van der Waals surface area contributed by atoms with Gasteiger partial charge in [-0.2, -0.15) is 0 Å². The van der Waals surface area contributed by atoms with Crippen molar-refractivity contribution in [2.24, 2.45) is 0 Å². The summed E-state index contributed by atoms with van der Waals surface area (Å²) in [5.41, 5.74) is 3.40. The first kappa shape index (κ1) is 14.4. The second-order valence-corrected chi connectivity index (χ2v) is 5.93. The summed E-state index contributed by atoms with van der Waals surface area (Å²) in [4.78, 5) is 3.99. The van der Waals surface area contributed by atoms with Crippen LogP contribution in [0.1, 0.15) is 29.5 Å². The zero-order valence-electron chi connectivity index (χ0n) is 12.1. The molecule has 1 aromatic carbocycles. The SMILES string of the molecule is Cc1ccc(OCc2ccncc2Cl)c(CNC2CC2)c1. The van der Waals surface area contributed by atoms with Gasteiger partial charge in [-0.25, -0.2) is 0 Å². The minimum Gasteiger partial charge on any atom is -0.489 e. The number of nitrogens with zero attached hydrogens (tertiary/aromatic N) is 1. The number of nitrogens with one attached hydrogen (secondary N) is 1. The maximum Gasteiger partial charge on any atom is 0.124 e. The van der Waals surface area contributed by atoms with Gasteiger partial charge in [0.25, 0.3) is 0 Å². The quantitative estimate of drug-likeness (QED) is 0.879. The normalized spacial score (nSPS) is 14.2. The zero-order valence-corrected chi connectivity index (χ0v) is 12.9. The molecule has 0 bridgehead atoms. The van der Waals surface area contributed by atoms with Crippen LogP contribution in [0.5, 0.6) is 5.75 Å². The van der Waals surface area contributed by atoms with Crippen molar-refractivity contribution in [3.8, 4) is 5.75 Å². The highest BCUT2D eigenvalue weighted by Gasteiger charge is 2.20. The highest BCUT2D eigenvalue weighted by molar-refractivity contribution is 6.31. The van der Waals surface area contributed by atoms with Crippen LogP contribution in [-0.2, 0) is 13.2 Å². The summed E-state index contributed by atoms with van der Waals surface area (Å²) in [6, 6.07) is 8.86. The minimum absolute atomic E-state index is 0.459. The van der Waals surface area contributed by atoms with E-state index in [1.54, 1.807) is 12.4 Å². The first-order valence-electron chi connectivity index (χ1n) is 7.26. The summed E-state index contributed by atoms with van der Waals surface area (Å²) < 4.78 is 5.96. The number of aryl methyl sites for hydroxylation is 1. The zero-order chi connectivity index (χ0) is 14.7. The Morgan fingerprint density at radius 3 is 2.90 bits per heavy atom. The first-order chi connectivity index (χ1) is 10.2. The third-order valence-corrected chi connectivity index (χ3v) is 3.95. The Balaban J connectivity index is 1.70. The molecule has 0 spiro atoms. The topological polar surface area (TPSA) is 34.1 Å². The number of pyridine rings is 1. The standard InChI is InChI=1S/C17H19ClN2O/c1-12-2-5-17(14(8-12)9-20-15-3-4-15)21-11-13-6-7-19-10-16(13)18/h2,5-8,10,15,20H,3-4,9,11H2,1H3. The monoisotopic (exact) mass is 302 g/mol. The Hall–Kier alpha value is -1.58. The average molecular weight is 303 g/mol. The van der Waals surface area contributed by atoms with Gasteiger partial charge in [-0.1, -0.05) is 29.3 Å². The Morgan fingerprint density at radius 1 is 1.29 bits per heavy atom. The molecule has 0 atom stereocenters. The van der Waals surface area contributed by atoms with Crippen molar-refractivity contribution in [2.75, 3.05) is 0 Å². The number of hydrogen-bond acceptors (Lipinski definition) is 3. The van der Waals surface area contributed by atoms with Crippen LogP contribution in [0, 0.1) is 6.92 Å². The summed E-state index contributed by atoms with van der Waals surface area (Å²) in [7, 11) is 0. The van der Waals surface area contributed by atoms with Gasteiger partial charge in [0.2, 0.25) is 0 Å². The van der Waals surface area contributed by atoms with Gasteiger partial charge in [0.05, 0.1) is 5.02 Å². The molecule has 2 aromatic rings. The van der Waals surface area contributed by atoms with E-state index in [1.807, 2.05) is 12.1 Å². The minimum atomic E-state index is 0.459. The van der Waals surface area contributed by atoms with Crippen molar-refractivity contribution in [3.63, 3.8) is 0 Å². The maximum atomic E-state index is 6.11. The number of hydrogen-bond donors (Lipinski definition) is 1. The third kappa shape index (κ3) is 3.96. The van der Waals surface area contributed by atoms with Crippen molar-refractivity contribution in [1.29, 1.82) is 0 Å². The molecule has 21 heavy (non-hydrogen) atoms. The van der Waals surface area contributed by atoms with Crippen LogP contribution in [0.3, 0.4) is 0 Å². The van der Waals surface area contributed by atoms with E-state index in [4.69, 9.17) is 16.3 Å². The lowest BCUT2D eigenvalue weighted by molar-refractivity contribution is 0.302. The van der Waals surface area contributed by atoms with Crippen LogP contribution < -0.4 is 10.1 Å². The summed E-state index contributed by atoms with van der Waals surface area (Å²) in [5.74, 6) is 0.918. The summed E-state index contributed by atoms with van der Waals surface area (Å²) in [6.45, 7) is 3.41. The van der Waals surface area contributed by atoms with Gasteiger partial charge >= 0.3 is 0 Å². The molecule has 1 N–H and O–H groups in total. The molecule has 4 heteroatoms. The Bertz CT molecular complexity index is 626. The summed E-state index contributed by atoms with van der Waals surface area (Å²) >= 11 is 6.11.